The summed E-state index contributed by atoms with van der Waals surface area (Å²) >= 11 is 0. The summed E-state index contributed by atoms with van der Waals surface area (Å²) in [7, 11) is 0. The molecule has 3 nitrogen and oxygen atoms in total. The molecule has 0 saturated carbocycles. The summed E-state index contributed by atoms with van der Waals surface area (Å²) in [4.78, 5) is 22.8. The average Bonchev–Trinajstić information content (AvgIpc) is 2.43. The van der Waals surface area contributed by atoms with Crippen LogP contribution in [0.2, 0.25) is 0 Å². The first-order chi connectivity index (χ1) is 9.15. The minimum absolute atomic E-state index is 0.319. The number of fused-ring (bicyclic) bond motifs is 1. The van der Waals surface area contributed by atoms with E-state index in [9.17, 15) is 9.59 Å². The molecule has 0 heterocycles. The van der Waals surface area contributed by atoms with Gasteiger partial charge in [-0.15, -0.1) is 6.58 Å². The van der Waals surface area contributed by atoms with E-state index in [2.05, 4.69) is 6.58 Å². The maximum Gasteiger partial charge on any atom is 0.372 e. The zero-order valence-corrected chi connectivity index (χ0v) is 10.4. The molecule has 0 aliphatic rings. The van der Waals surface area contributed by atoms with Crippen LogP contribution >= 0.6 is 0 Å². The Morgan fingerprint density at radius 2 is 1.84 bits per heavy atom. The molecular weight excluding hydrogens is 240 g/mol. The maximum absolute atomic E-state index is 11.8. The summed E-state index contributed by atoms with van der Waals surface area (Å²) in [5, 5.41) is 10.8. The number of hydrogen-bond acceptors (Lipinski definition) is 2. The number of rotatable bonds is 5. The molecule has 1 unspecified atom stereocenters. The molecular formula is C16H14O3. The molecule has 0 fully saturated rings. The Hall–Kier alpha value is -2.42. The fraction of sp³-hybridized carbons (Fsp3) is 0.125. The van der Waals surface area contributed by atoms with Crippen LogP contribution in [0.4, 0.5) is 0 Å². The number of carbonyl (C=O) groups excluding carboxylic acids is 1. The molecule has 0 aliphatic heterocycles. The zero-order valence-electron chi connectivity index (χ0n) is 10.4. The second kappa shape index (κ2) is 5.48. The van der Waals surface area contributed by atoms with E-state index < -0.39 is 17.7 Å². The molecule has 0 aromatic heterocycles. The molecule has 19 heavy (non-hydrogen) atoms. The van der Waals surface area contributed by atoms with E-state index in [1.54, 1.807) is 12.1 Å². The van der Waals surface area contributed by atoms with E-state index in [1.807, 2.05) is 36.4 Å². The lowest BCUT2D eigenvalue weighted by atomic mass is 9.88. The summed E-state index contributed by atoms with van der Waals surface area (Å²) < 4.78 is 0. The molecule has 0 aliphatic carbocycles. The van der Waals surface area contributed by atoms with Crippen LogP contribution < -0.4 is 0 Å². The molecule has 0 spiro atoms. The summed E-state index contributed by atoms with van der Waals surface area (Å²) in [6.45, 7) is 3.60. The van der Waals surface area contributed by atoms with Crippen LogP contribution in [0.25, 0.3) is 10.8 Å². The van der Waals surface area contributed by atoms with E-state index in [1.165, 1.54) is 0 Å². The lowest BCUT2D eigenvalue weighted by molar-refractivity contribution is -0.149. The van der Waals surface area contributed by atoms with E-state index in [-0.39, 0.29) is 0 Å². The molecule has 2 rings (SSSR count). The van der Waals surface area contributed by atoms with Crippen molar-refractivity contribution in [2.45, 2.75) is 12.3 Å². The van der Waals surface area contributed by atoms with Crippen molar-refractivity contribution >= 4 is 22.5 Å². The fourth-order valence-corrected chi connectivity index (χ4v) is 2.25. The van der Waals surface area contributed by atoms with Gasteiger partial charge in [-0.1, -0.05) is 48.5 Å². The second-order valence-electron chi connectivity index (χ2n) is 4.31. The van der Waals surface area contributed by atoms with Gasteiger partial charge in [0.25, 0.3) is 0 Å². The van der Waals surface area contributed by atoms with Crippen molar-refractivity contribution in [2.24, 2.45) is 0 Å². The predicted molar refractivity (Wildman–Crippen MR) is 74.1 cm³/mol. The van der Waals surface area contributed by atoms with Crippen molar-refractivity contribution in [3.05, 3.63) is 60.7 Å². The third-order valence-electron chi connectivity index (χ3n) is 3.13. The van der Waals surface area contributed by atoms with Crippen molar-refractivity contribution < 1.29 is 14.7 Å². The van der Waals surface area contributed by atoms with Gasteiger partial charge in [-0.2, -0.15) is 0 Å². The minimum Gasteiger partial charge on any atom is -0.475 e. The largest absolute Gasteiger partial charge is 0.475 e. The summed E-state index contributed by atoms with van der Waals surface area (Å²) in [5.41, 5.74) is 0.741. The fourth-order valence-electron chi connectivity index (χ4n) is 2.25. The van der Waals surface area contributed by atoms with E-state index in [0.717, 1.165) is 16.3 Å². The van der Waals surface area contributed by atoms with Crippen LogP contribution in [0.3, 0.4) is 0 Å². The third-order valence-corrected chi connectivity index (χ3v) is 3.13. The molecule has 0 radical (unpaired) electrons. The van der Waals surface area contributed by atoms with Crippen molar-refractivity contribution in [1.82, 2.24) is 0 Å². The first-order valence-electron chi connectivity index (χ1n) is 6.01. The maximum atomic E-state index is 11.8. The number of hydrogen-bond donors (Lipinski definition) is 1. The molecule has 96 valence electrons. The Morgan fingerprint density at radius 1 is 1.16 bits per heavy atom. The van der Waals surface area contributed by atoms with E-state index in [0.29, 0.717) is 6.42 Å². The average molecular weight is 254 g/mol. The van der Waals surface area contributed by atoms with Gasteiger partial charge in [0.15, 0.2) is 0 Å². The highest BCUT2D eigenvalue weighted by Crippen LogP contribution is 2.29. The number of carbonyl (C=O) groups is 2. The van der Waals surface area contributed by atoms with E-state index in [4.69, 9.17) is 5.11 Å². The van der Waals surface area contributed by atoms with Gasteiger partial charge >= 0.3 is 5.97 Å². The smallest absolute Gasteiger partial charge is 0.372 e. The van der Waals surface area contributed by atoms with E-state index >= 15 is 0 Å². The Morgan fingerprint density at radius 3 is 2.53 bits per heavy atom. The van der Waals surface area contributed by atoms with Crippen LogP contribution in [0.15, 0.2) is 55.1 Å². The number of allylic oxidation sites excluding steroid dienone is 1. The molecule has 0 amide bonds. The predicted octanol–water partition coefficient (Wildman–Crippen LogP) is 3.15. The van der Waals surface area contributed by atoms with Crippen LogP contribution in [-0.2, 0) is 9.59 Å². The van der Waals surface area contributed by atoms with Gasteiger partial charge in [0, 0.05) is 0 Å². The lowest BCUT2D eigenvalue weighted by Gasteiger charge is -2.14. The summed E-state index contributed by atoms with van der Waals surface area (Å²) in [6.07, 6.45) is 1.90. The number of Topliss-reactive ketones (excluding diaryl/α,β-unsaturated/α-hetero) is 1. The molecule has 1 N–H and O–H groups in total. The molecule has 0 bridgehead atoms. The van der Waals surface area contributed by atoms with Gasteiger partial charge in [-0.3, -0.25) is 4.79 Å². The van der Waals surface area contributed by atoms with Crippen LogP contribution in [0.1, 0.15) is 17.9 Å². The number of ketones is 1. The lowest BCUT2D eigenvalue weighted by Crippen LogP contribution is -2.21. The standard InChI is InChI=1S/C16H14O3/c1-2-6-14(15(17)16(18)19)13-10-5-8-11-7-3-4-9-12(11)13/h2-5,7-10,14H,1,6H2,(H,18,19). The number of aliphatic carboxylic acids is 1. The van der Waals surface area contributed by atoms with Gasteiger partial charge in [0.1, 0.15) is 0 Å². The van der Waals surface area contributed by atoms with Crippen molar-refractivity contribution in [1.29, 1.82) is 0 Å². The molecule has 2 aromatic rings. The Balaban J connectivity index is 2.59. The van der Waals surface area contributed by atoms with Gasteiger partial charge in [-0.05, 0) is 22.8 Å². The minimum atomic E-state index is -1.40. The van der Waals surface area contributed by atoms with Crippen LogP contribution in [-0.4, -0.2) is 16.9 Å². The highest BCUT2D eigenvalue weighted by molar-refractivity contribution is 6.35. The second-order valence-corrected chi connectivity index (χ2v) is 4.31. The first-order valence-corrected chi connectivity index (χ1v) is 6.01. The van der Waals surface area contributed by atoms with Gasteiger partial charge in [0.2, 0.25) is 5.78 Å². The van der Waals surface area contributed by atoms with Gasteiger partial charge in [0.05, 0.1) is 5.92 Å². The summed E-state index contributed by atoms with van der Waals surface area (Å²) in [5.74, 6) is -2.88. The molecule has 0 saturated heterocycles. The monoisotopic (exact) mass is 254 g/mol. The van der Waals surface area contributed by atoms with Crippen LogP contribution in [0, 0.1) is 0 Å². The van der Waals surface area contributed by atoms with Crippen molar-refractivity contribution in [2.75, 3.05) is 0 Å². The normalized spacial score (nSPS) is 12.0. The SMILES string of the molecule is C=CCC(C(=O)C(=O)O)c1cccc2ccccc12. The van der Waals surface area contributed by atoms with Crippen molar-refractivity contribution in [3.63, 3.8) is 0 Å². The molecule has 3 heteroatoms. The van der Waals surface area contributed by atoms with Crippen molar-refractivity contribution in [3.8, 4) is 0 Å². The Labute approximate surface area is 111 Å². The van der Waals surface area contributed by atoms with Gasteiger partial charge < -0.3 is 5.11 Å². The molecule has 2 aromatic carbocycles. The van der Waals surface area contributed by atoms with Gasteiger partial charge in [-0.25, -0.2) is 4.79 Å². The first kappa shape index (κ1) is 13.0. The zero-order chi connectivity index (χ0) is 13.8. The third kappa shape index (κ3) is 2.55. The topological polar surface area (TPSA) is 54.4 Å². The number of benzene rings is 2. The highest BCUT2D eigenvalue weighted by Gasteiger charge is 2.26. The number of carboxylic acids is 1. The Bertz CT molecular complexity index is 638. The van der Waals surface area contributed by atoms with Crippen LogP contribution in [0.5, 0.6) is 0 Å². The number of carboxylic acid groups (broad SMARTS) is 1. The summed E-state index contributed by atoms with van der Waals surface area (Å²) in [6, 6.07) is 13.2. The Kier molecular flexibility index (Phi) is 3.76. The molecule has 1 atom stereocenters. The quantitative estimate of drug-likeness (QED) is 0.658. The highest BCUT2D eigenvalue weighted by atomic mass is 16.4.